The third-order valence-corrected chi connectivity index (χ3v) is 5.95. The topological polar surface area (TPSA) is 36.1 Å². The van der Waals surface area contributed by atoms with Gasteiger partial charge in [-0.25, -0.2) is 0 Å². The van der Waals surface area contributed by atoms with Gasteiger partial charge in [-0.2, -0.15) is 5.26 Å². The van der Waals surface area contributed by atoms with Gasteiger partial charge < -0.3 is 0 Å². The van der Waals surface area contributed by atoms with Crippen LogP contribution < -0.4 is 0 Å². The zero-order valence-corrected chi connectivity index (χ0v) is 13.5. The van der Waals surface area contributed by atoms with E-state index in [0.717, 1.165) is 36.1 Å². The Morgan fingerprint density at radius 1 is 1.32 bits per heavy atom. The standard InChI is InChI=1S/C19H18N2S/c1-12-6-7-13(10-14(12)11-20)18-15-4-2-3-5-16(15)21-17-8-9-22-19(17)18/h4,6-7,10,18H,2-3,5,8-9H2,1H3. The van der Waals surface area contributed by atoms with Crippen molar-refractivity contribution in [3.63, 3.8) is 0 Å². The first-order chi connectivity index (χ1) is 10.8. The van der Waals surface area contributed by atoms with Crippen LogP contribution in [0.25, 0.3) is 0 Å². The lowest BCUT2D eigenvalue weighted by atomic mass is 9.80. The maximum atomic E-state index is 9.36. The smallest absolute Gasteiger partial charge is 0.0994 e. The SMILES string of the molecule is Cc1ccc(C2C3=CCCCC3=NC3=C2SCC3)cc1C#N. The van der Waals surface area contributed by atoms with E-state index in [0.29, 0.717) is 5.92 Å². The van der Waals surface area contributed by atoms with Crippen LogP contribution in [0.5, 0.6) is 0 Å². The molecule has 3 aliphatic rings. The zero-order valence-electron chi connectivity index (χ0n) is 12.7. The number of fused-ring (bicyclic) bond motifs is 1. The summed E-state index contributed by atoms with van der Waals surface area (Å²) in [5.74, 6) is 1.45. The van der Waals surface area contributed by atoms with E-state index >= 15 is 0 Å². The van der Waals surface area contributed by atoms with Crippen molar-refractivity contribution < 1.29 is 0 Å². The molecular formula is C19H18N2S. The fourth-order valence-corrected chi connectivity index (χ4v) is 4.85. The molecule has 0 amide bonds. The second kappa shape index (κ2) is 5.44. The monoisotopic (exact) mass is 306 g/mol. The zero-order chi connectivity index (χ0) is 15.1. The summed E-state index contributed by atoms with van der Waals surface area (Å²) in [5.41, 5.74) is 7.08. The number of allylic oxidation sites excluding steroid dienone is 4. The molecule has 1 aromatic rings. The van der Waals surface area contributed by atoms with Gasteiger partial charge in [0.2, 0.25) is 0 Å². The second-order valence-electron chi connectivity index (χ2n) is 6.14. The van der Waals surface area contributed by atoms with E-state index in [2.05, 4.69) is 30.3 Å². The Labute approximate surface area is 135 Å². The van der Waals surface area contributed by atoms with Crippen LogP contribution in [0.1, 0.15) is 48.3 Å². The van der Waals surface area contributed by atoms with E-state index in [9.17, 15) is 5.26 Å². The minimum absolute atomic E-state index is 0.308. The molecule has 2 aliphatic heterocycles. The van der Waals surface area contributed by atoms with Gasteiger partial charge >= 0.3 is 0 Å². The molecule has 1 aromatic carbocycles. The van der Waals surface area contributed by atoms with E-state index in [4.69, 9.17) is 4.99 Å². The van der Waals surface area contributed by atoms with Gasteiger partial charge in [0.15, 0.2) is 0 Å². The first-order valence-corrected chi connectivity index (χ1v) is 8.91. The molecule has 0 saturated carbocycles. The van der Waals surface area contributed by atoms with Crippen LogP contribution in [0.15, 0.2) is 45.4 Å². The Kier molecular flexibility index (Phi) is 3.43. The van der Waals surface area contributed by atoms with Crippen molar-refractivity contribution in [2.45, 2.75) is 38.5 Å². The third-order valence-electron chi connectivity index (χ3n) is 4.75. The van der Waals surface area contributed by atoms with Crippen LogP contribution in [0.2, 0.25) is 0 Å². The van der Waals surface area contributed by atoms with Crippen LogP contribution >= 0.6 is 11.8 Å². The Morgan fingerprint density at radius 3 is 3.09 bits per heavy atom. The number of hydrogen-bond donors (Lipinski definition) is 0. The molecule has 2 heterocycles. The molecule has 4 rings (SSSR count). The molecule has 0 fully saturated rings. The van der Waals surface area contributed by atoms with Gasteiger partial charge in [-0.1, -0.05) is 18.2 Å². The second-order valence-corrected chi connectivity index (χ2v) is 7.28. The minimum Gasteiger partial charge on any atom is -0.257 e. The van der Waals surface area contributed by atoms with E-state index in [1.54, 1.807) is 0 Å². The summed E-state index contributed by atoms with van der Waals surface area (Å²) in [6.45, 7) is 2.00. The Morgan fingerprint density at radius 2 is 2.23 bits per heavy atom. The van der Waals surface area contributed by atoms with Crippen LogP contribution in [0.4, 0.5) is 0 Å². The summed E-state index contributed by atoms with van der Waals surface area (Å²) in [6.07, 6.45) is 6.92. The Bertz CT molecular complexity index is 777. The molecule has 1 unspecified atom stereocenters. The summed E-state index contributed by atoms with van der Waals surface area (Å²) in [5, 5.41) is 9.36. The average Bonchev–Trinajstić information content (AvgIpc) is 3.01. The van der Waals surface area contributed by atoms with E-state index in [1.807, 2.05) is 18.7 Å². The molecule has 0 aromatic heterocycles. The molecule has 0 bridgehead atoms. The molecule has 2 nitrogen and oxygen atoms in total. The highest BCUT2D eigenvalue weighted by Gasteiger charge is 2.34. The fraction of sp³-hybridized carbons (Fsp3) is 0.368. The first-order valence-electron chi connectivity index (χ1n) is 7.92. The largest absolute Gasteiger partial charge is 0.257 e. The molecule has 1 atom stereocenters. The third kappa shape index (κ3) is 2.14. The van der Waals surface area contributed by atoms with E-state index in [1.165, 1.54) is 33.9 Å². The summed E-state index contributed by atoms with van der Waals surface area (Å²) in [4.78, 5) is 6.36. The number of aryl methyl sites for hydroxylation is 1. The van der Waals surface area contributed by atoms with Crippen molar-refractivity contribution in [2.75, 3.05) is 5.75 Å². The number of benzene rings is 1. The van der Waals surface area contributed by atoms with E-state index < -0.39 is 0 Å². The molecular weight excluding hydrogens is 288 g/mol. The average molecular weight is 306 g/mol. The predicted molar refractivity (Wildman–Crippen MR) is 92.1 cm³/mol. The molecule has 3 heteroatoms. The summed E-state index contributed by atoms with van der Waals surface area (Å²) >= 11 is 1.95. The maximum absolute atomic E-state index is 9.36. The highest BCUT2D eigenvalue weighted by atomic mass is 32.2. The van der Waals surface area contributed by atoms with Crippen molar-refractivity contribution in [1.29, 1.82) is 5.26 Å². The number of rotatable bonds is 1. The van der Waals surface area contributed by atoms with Crippen molar-refractivity contribution in [3.05, 3.63) is 57.1 Å². The highest BCUT2D eigenvalue weighted by molar-refractivity contribution is 8.03. The normalized spacial score (nSPS) is 23.4. The number of thioether (sulfide) groups is 1. The number of aliphatic imine (C=N–C) groups is 1. The molecule has 0 N–H and O–H groups in total. The molecule has 110 valence electrons. The Hall–Kier alpha value is -1.79. The Balaban J connectivity index is 1.87. The summed E-state index contributed by atoms with van der Waals surface area (Å²) < 4.78 is 0. The number of nitrogens with zero attached hydrogens (tertiary/aromatic N) is 2. The van der Waals surface area contributed by atoms with Crippen LogP contribution in [-0.2, 0) is 0 Å². The van der Waals surface area contributed by atoms with Gasteiger partial charge in [0.05, 0.1) is 17.3 Å². The lowest BCUT2D eigenvalue weighted by Gasteiger charge is -2.30. The van der Waals surface area contributed by atoms with Crippen LogP contribution in [0, 0.1) is 18.3 Å². The van der Waals surface area contributed by atoms with Crippen LogP contribution in [0.3, 0.4) is 0 Å². The van der Waals surface area contributed by atoms with Crippen molar-refractivity contribution in [2.24, 2.45) is 4.99 Å². The maximum Gasteiger partial charge on any atom is 0.0994 e. The van der Waals surface area contributed by atoms with Crippen LogP contribution in [-0.4, -0.2) is 11.5 Å². The van der Waals surface area contributed by atoms with Gasteiger partial charge in [-0.3, -0.25) is 4.99 Å². The minimum atomic E-state index is 0.308. The van der Waals surface area contributed by atoms with E-state index in [-0.39, 0.29) is 0 Å². The molecule has 0 radical (unpaired) electrons. The number of nitriles is 1. The van der Waals surface area contributed by atoms with Gasteiger partial charge in [0.25, 0.3) is 0 Å². The van der Waals surface area contributed by atoms with Crippen molar-refractivity contribution in [1.82, 2.24) is 0 Å². The quantitative estimate of drug-likeness (QED) is 0.742. The lowest BCUT2D eigenvalue weighted by molar-refractivity contribution is 0.821. The molecule has 0 saturated heterocycles. The van der Waals surface area contributed by atoms with Crippen molar-refractivity contribution in [3.8, 4) is 6.07 Å². The van der Waals surface area contributed by atoms with Gasteiger partial charge in [-0.15, -0.1) is 11.8 Å². The van der Waals surface area contributed by atoms with Gasteiger partial charge in [0.1, 0.15) is 0 Å². The first kappa shape index (κ1) is 13.8. The molecule has 0 spiro atoms. The molecule has 1 aliphatic carbocycles. The van der Waals surface area contributed by atoms with Crippen molar-refractivity contribution >= 4 is 17.5 Å². The van der Waals surface area contributed by atoms with Gasteiger partial charge in [-0.05, 0) is 55.4 Å². The summed E-state index contributed by atoms with van der Waals surface area (Å²) in [6, 6.07) is 8.70. The predicted octanol–water partition coefficient (Wildman–Crippen LogP) is 4.86. The van der Waals surface area contributed by atoms with Gasteiger partial charge in [0, 0.05) is 22.3 Å². The lowest BCUT2D eigenvalue weighted by Crippen LogP contribution is -2.20. The highest BCUT2D eigenvalue weighted by Crippen LogP contribution is 2.50. The fourth-order valence-electron chi connectivity index (χ4n) is 3.59. The number of hydrogen-bond acceptors (Lipinski definition) is 3. The summed E-state index contributed by atoms with van der Waals surface area (Å²) in [7, 11) is 0. The molecule has 22 heavy (non-hydrogen) atoms.